The summed E-state index contributed by atoms with van der Waals surface area (Å²) < 4.78 is 17.2. The Morgan fingerprint density at radius 1 is 1.12 bits per heavy atom. The van der Waals surface area contributed by atoms with E-state index in [2.05, 4.69) is 26.2 Å². The number of methoxy groups -OCH3 is 2. The van der Waals surface area contributed by atoms with Gasteiger partial charge < -0.3 is 25.3 Å². The van der Waals surface area contributed by atoms with Gasteiger partial charge in [-0.3, -0.25) is 0 Å². The number of nitrogens with zero attached hydrogens (tertiary/aromatic N) is 1. The molecule has 0 amide bonds. The van der Waals surface area contributed by atoms with E-state index in [1.807, 2.05) is 37.3 Å². The fourth-order valence-electron chi connectivity index (χ4n) is 2.12. The summed E-state index contributed by atoms with van der Waals surface area (Å²) in [5, 5.41) is 3.03. The number of hydrogen-bond donors (Lipinski definition) is 2. The Balaban J connectivity index is 0.00000338. The number of nitrogens with one attached hydrogen (secondary N) is 1. The van der Waals surface area contributed by atoms with Crippen molar-refractivity contribution in [2.24, 2.45) is 10.7 Å². The quantitative estimate of drug-likeness (QED) is 0.314. The van der Waals surface area contributed by atoms with Crippen LogP contribution in [0.5, 0.6) is 17.2 Å². The van der Waals surface area contributed by atoms with E-state index in [1.165, 1.54) is 0 Å². The molecule has 0 aliphatic rings. The summed E-state index contributed by atoms with van der Waals surface area (Å²) in [6, 6.07) is 13.1. The van der Waals surface area contributed by atoms with Gasteiger partial charge in [-0.25, -0.2) is 4.99 Å². The average molecular weight is 536 g/mol. The van der Waals surface area contributed by atoms with Gasteiger partial charge in [0.2, 0.25) is 0 Å². The lowest BCUT2D eigenvalue weighted by Crippen LogP contribution is -2.25. The number of hydrogen-bond acceptors (Lipinski definition) is 4. The fourth-order valence-corrected chi connectivity index (χ4v) is 2.50. The van der Waals surface area contributed by atoms with Crippen LogP contribution in [0.1, 0.15) is 6.92 Å². The molecule has 2 aromatic carbocycles. The molecule has 0 saturated heterocycles. The molecule has 0 bridgehead atoms. The first-order valence-electron chi connectivity index (χ1n) is 7.73. The molecule has 0 heterocycles. The van der Waals surface area contributed by atoms with E-state index >= 15 is 0 Å². The third-order valence-electron chi connectivity index (χ3n) is 3.34. The van der Waals surface area contributed by atoms with Gasteiger partial charge in [-0.1, -0.05) is 12.1 Å². The fraction of sp³-hybridized carbons (Fsp3) is 0.278. The number of benzene rings is 2. The highest BCUT2D eigenvalue weighted by Gasteiger charge is 2.08. The molecule has 3 N–H and O–H groups in total. The van der Waals surface area contributed by atoms with E-state index in [0.717, 1.165) is 15.9 Å². The molecule has 0 aliphatic heterocycles. The summed E-state index contributed by atoms with van der Waals surface area (Å²) in [5.41, 5.74) is 6.70. The van der Waals surface area contributed by atoms with Crippen molar-refractivity contribution in [2.45, 2.75) is 13.0 Å². The number of rotatable bonds is 7. The Morgan fingerprint density at radius 3 is 2.46 bits per heavy atom. The van der Waals surface area contributed by atoms with E-state index in [1.54, 1.807) is 26.4 Å². The second-order valence-electron chi connectivity index (χ2n) is 5.28. The summed E-state index contributed by atoms with van der Waals surface area (Å²) in [5.74, 6) is 2.34. The lowest BCUT2D eigenvalue weighted by molar-refractivity contribution is 0.229. The van der Waals surface area contributed by atoms with Crippen LogP contribution < -0.4 is 25.3 Å². The number of ether oxygens (including phenoxy) is 3. The van der Waals surface area contributed by atoms with Crippen molar-refractivity contribution in [3.8, 4) is 17.2 Å². The number of nitrogens with two attached hydrogens (primary N) is 1. The van der Waals surface area contributed by atoms with Gasteiger partial charge in [-0.15, -0.1) is 24.0 Å². The van der Waals surface area contributed by atoms with Crippen LogP contribution in [0.2, 0.25) is 0 Å². The Morgan fingerprint density at radius 2 is 1.81 bits per heavy atom. The van der Waals surface area contributed by atoms with Gasteiger partial charge in [0.25, 0.3) is 0 Å². The Kier molecular flexibility index (Phi) is 9.57. The van der Waals surface area contributed by atoms with Crippen LogP contribution in [0.4, 0.5) is 5.69 Å². The number of para-hydroxylation sites is 1. The first-order valence-corrected chi connectivity index (χ1v) is 8.53. The normalized spacial score (nSPS) is 11.9. The van der Waals surface area contributed by atoms with Crippen LogP contribution in [-0.2, 0) is 0 Å². The SMILES string of the molecule is COc1ccc(NC(N)=NCC(C)Oc2ccccc2Br)cc1OC.I. The van der Waals surface area contributed by atoms with Crippen LogP contribution in [0.25, 0.3) is 0 Å². The van der Waals surface area contributed by atoms with Crippen LogP contribution in [-0.4, -0.2) is 32.8 Å². The van der Waals surface area contributed by atoms with Gasteiger partial charge in [0.1, 0.15) is 11.9 Å². The number of aliphatic imine (C=N–C) groups is 1. The zero-order chi connectivity index (χ0) is 18.2. The highest BCUT2D eigenvalue weighted by atomic mass is 127. The highest BCUT2D eigenvalue weighted by molar-refractivity contribution is 14.0. The molecule has 1 unspecified atom stereocenters. The zero-order valence-electron chi connectivity index (χ0n) is 14.9. The molecule has 2 rings (SSSR count). The van der Waals surface area contributed by atoms with Crippen molar-refractivity contribution in [2.75, 3.05) is 26.1 Å². The van der Waals surface area contributed by atoms with Crippen LogP contribution in [0, 0.1) is 0 Å². The maximum Gasteiger partial charge on any atom is 0.193 e. The van der Waals surface area contributed by atoms with Crippen LogP contribution in [0.3, 0.4) is 0 Å². The first-order chi connectivity index (χ1) is 12.0. The molecule has 1 atom stereocenters. The number of guanidine groups is 1. The number of anilines is 1. The zero-order valence-corrected chi connectivity index (χ0v) is 18.8. The molecule has 26 heavy (non-hydrogen) atoms. The highest BCUT2D eigenvalue weighted by Crippen LogP contribution is 2.29. The molecular weight excluding hydrogens is 513 g/mol. The monoisotopic (exact) mass is 535 g/mol. The topological polar surface area (TPSA) is 78.1 Å². The molecule has 2 aromatic rings. The smallest absolute Gasteiger partial charge is 0.193 e. The first kappa shape index (κ1) is 22.4. The van der Waals surface area contributed by atoms with Gasteiger partial charge in [0.05, 0.1) is 25.2 Å². The van der Waals surface area contributed by atoms with Crippen LogP contribution >= 0.6 is 39.9 Å². The molecule has 0 aliphatic carbocycles. The summed E-state index contributed by atoms with van der Waals surface area (Å²) in [4.78, 5) is 4.31. The van der Waals surface area contributed by atoms with Crippen molar-refractivity contribution in [1.82, 2.24) is 0 Å². The minimum absolute atomic E-state index is 0. The van der Waals surface area contributed by atoms with E-state index < -0.39 is 0 Å². The van der Waals surface area contributed by atoms with E-state index in [9.17, 15) is 0 Å². The van der Waals surface area contributed by atoms with Gasteiger partial charge in [-0.05, 0) is 47.1 Å². The minimum atomic E-state index is -0.121. The van der Waals surface area contributed by atoms with Gasteiger partial charge in [0, 0.05) is 11.8 Å². The lowest BCUT2D eigenvalue weighted by Gasteiger charge is -2.15. The average Bonchev–Trinajstić information content (AvgIpc) is 2.62. The molecule has 0 radical (unpaired) electrons. The second-order valence-corrected chi connectivity index (χ2v) is 6.13. The number of halogens is 2. The molecule has 0 aromatic heterocycles. The summed E-state index contributed by atoms with van der Waals surface area (Å²) in [7, 11) is 3.17. The lowest BCUT2D eigenvalue weighted by atomic mass is 10.3. The third kappa shape index (κ3) is 6.56. The molecule has 142 valence electrons. The van der Waals surface area contributed by atoms with Crippen molar-refractivity contribution in [3.05, 3.63) is 46.9 Å². The van der Waals surface area contributed by atoms with Crippen molar-refractivity contribution in [1.29, 1.82) is 0 Å². The molecule has 0 spiro atoms. The molecule has 0 fully saturated rings. The van der Waals surface area contributed by atoms with E-state index in [0.29, 0.717) is 24.0 Å². The van der Waals surface area contributed by atoms with Crippen LogP contribution in [0.15, 0.2) is 51.9 Å². The van der Waals surface area contributed by atoms with Gasteiger partial charge >= 0.3 is 0 Å². The van der Waals surface area contributed by atoms with Crippen molar-refractivity contribution < 1.29 is 14.2 Å². The maximum absolute atomic E-state index is 5.94. The minimum Gasteiger partial charge on any atom is -0.493 e. The van der Waals surface area contributed by atoms with Crippen molar-refractivity contribution >= 4 is 51.6 Å². The van der Waals surface area contributed by atoms with Crippen molar-refractivity contribution in [3.63, 3.8) is 0 Å². The molecular formula is C18H23BrIN3O3. The Bertz CT molecular complexity index is 743. The van der Waals surface area contributed by atoms with E-state index in [-0.39, 0.29) is 30.1 Å². The van der Waals surface area contributed by atoms with Gasteiger partial charge in [0.15, 0.2) is 17.5 Å². The predicted octanol–water partition coefficient (Wildman–Crippen LogP) is 4.28. The molecule has 6 nitrogen and oxygen atoms in total. The predicted molar refractivity (Wildman–Crippen MR) is 119 cm³/mol. The molecule has 8 heteroatoms. The van der Waals surface area contributed by atoms with E-state index in [4.69, 9.17) is 19.9 Å². The Hall–Kier alpha value is -1.68. The Labute approximate surface area is 179 Å². The maximum atomic E-state index is 5.94. The second kappa shape index (κ2) is 11.1. The summed E-state index contributed by atoms with van der Waals surface area (Å²) in [6.07, 6.45) is -0.121. The van der Waals surface area contributed by atoms with Gasteiger partial charge in [-0.2, -0.15) is 0 Å². The molecule has 0 saturated carbocycles. The summed E-state index contributed by atoms with van der Waals surface area (Å²) in [6.45, 7) is 2.36. The standard InChI is InChI=1S/C18H22BrN3O3.HI/c1-12(25-15-7-5-4-6-14(15)19)11-21-18(20)22-13-8-9-16(23-2)17(10-13)24-3;/h4-10,12H,11H2,1-3H3,(H3,20,21,22);1H. The summed E-state index contributed by atoms with van der Waals surface area (Å²) >= 11 is 3.45. The largest absolute Gasteiger partial charge is 0.493 e. The third-order valence-corrected chi connectivity index (χ3v) is 3.99.